The number of rotatable bonds is 4. The molecule has 0 aliphatic carbocycles. The average molecular weight is 504 g/mol. The minimum absolute atomic E-state index is 0. The van der Waals surface area contributed by atoms with E-state index in [4.69, 9.17) is 23.2 Å². The molecule has 3 heterocycles. The second-order valence-electron chi connectivity index (χ2n) is 8.80. The molecule has 0 radical (unpaired) electrons. The van der Waals surface area contributed by atoms with Crippen LogP contribution in [0.4, 0.5) is 0 Å². The fourth-order valence-corrected chi connectivity index (χ4v) is 5.49. The maximum atomic E-state index is 13.0. The zero-order valence-corrected chi connectivity index (χ0v) is 20.5. The van der Waals surface area contributed by atoms with E-state index in [1.54, 1.807) is 6.07 Å². The lowest BCUT2D eigenvalue weighted by Gasteiger charge is -2.21. The van der Waals surface area contributed by atoms with Crippen LogP contribution in [0.25, 0.3) is 22.0 Å². The van der Waals surface area contributed by atoms with Gasteiger partial charge in [0.25, 0.3) is 5.56 Å². The number of benzene rings is 3. The van der Waals surface area contributed by atoms with Gasteiger partial charge in [-0.2, -0.15) is 0 Å². The minimum Gasteiger partial charge on any atom is -0.412 e. The molecule has 1 aliphatic heterocycles. The lowest BCUT2D eigenvalue weighted by Crippen LogP contribution is -2.17. The van der Waals surface area contributed by atoms with Crippen LogP contribution in [-0.4, -0.2) is 19.6 Å². The summed E-state index contributed by atoms with van der Waals surface area (Å²) < 4.78 is 3.95. The molecule has 1 atom stereocenters. The highest BCUT2D eigenvalue weighted by atomic mass is 35.5. The monoisotopic (exact) mass is 503 g/mol. The smallest absolute Gasteiger partial charge is 0.251 e. The first-order valence-electron chi connectivity index (χ1n) is 11.2. The first kappa shape index (κ1) is 23.4. The molecule has 0 spiro atoms. The van der Waals surface area contributed by atoms with Gasteiger partial charge in [0, 0.05) is 47.0 Å². The van der Waals surface area contributed by atoms with Crippen molar-refractivity contribution in [3.05, 3.63) is 122 Å². The van der Waals surface area contributed by atoms with Gasteiger partial charge in [-0.15, -0.1) is 0 Å². The second kappa shape index (κ2) is 9.00. The van der Waals surface area contributed by atoms with Crippen LogP contribution in [0.3, 0.4) is 0 Å². The highest BCUT2D eigenvalue weighted by molar-refractivity contribution is 6.31. The molecule has 1 aliphatic rings. The Morgan fingerprint density at radius 3 is 2.46 bits per heavy atom. The summed E-state index contributed by atoms with van der Waals surface area (Å²) in [6.07, 6.45) is 4.58. The van der Waals surface area contributed by atoms with Gasteiger partial charge in [0.05, 0.1) is 17.8 Å². The van der Waals surface area contributed by atoms with Crippen molar-refractivity contribution in [3.63, 3.8) is 0 Å². The Morgan fingerprint density at radius 2 is 1.74 bits per heavy atom. The molecule has 0 saturated heterocycles. The Bertz CT molecular complexity index is 1620. The molecule has 2 aromatic heterocycles. The van der Waals surface area contributed by atoms with E-state index in [0.29, 0.717) is 16.6 Å². The summed E-state index contributed by atoms with van der Waals surface area (Å²) in [5, 5.41) is 2.42. The Hall–Kier alpha value is -3.38. The molecule has 35 heavy (non-hydrogen) atoms. The largest absolute Gasteiger partial charge is 0.412 e. The number of nitrogens with zero attached hydrogens (tertiary/aromatic N) is 3. The van der Waals surface area contributed by atoms with Crippen molar-refractivity contribution in [1.29, 1.82) is 0 Å². The Kier molecular flexibility index (Phi) is 6.01. The van der Waals surface area contributed by atoms with Crippen LogP contribution in [0.15, 0.2) is 84.0 Å². The van der Waals surface area contributed by atoms with Gasteiger partial charge < -0.3 is 14.6 Å². The van der Waals surface area contributed by atoms with Crippen molar-refractivity contribution in [3.8, 4) is 11.1 Å². The van der Waals surface area contributed by atoms with E-state index in [9.17, 15) is 4.79 Å². The predicted octanol–water partition coefficient (Wildman–Crippen LogP) is 5.62. The Labute approximate surface area is 212 Å². The molecular formula is C28H23Cl2N3O2. The zero-order chi connectivity index (χ0) is 23.4. The van der Waals surface area contributed by atoms with Crippen molar-refractivity contribution in [2.24, 2.45) is 7.05 Å². The molecule has 5 aromatic rings. The van der Waals surface area contributed by atoms with Gasteiger partial charge in [0.2, 0.25) is 0 Å². The van der Waals surface area contributed by atoms with Crippen molar-refractivity contribution in [1.82, 2.24) is 14.1 Å². The molecule has 0 amide bonds. The van der Waals surface area contributed by atoms with Crippen LogP contribution in [0.5, 0.6) is 0 Å². The lowest BCUT2D eigenvalue weighted by atomic mass is 9.85. The molecular weight excluding hydrogens is 481 g/mol. The number of pyridine rings is 1. The third-order valence-corrected chi connectivity index (χ3v) is 7.22. The van der Waals surface area contributed by atoms with Crippen molar-refractivity contribution >= 4 is 34.1 Å². The van der Waals surface area contributed by atoms with Gasteiger partial charge in [0.15, 0.2) is 0 Å². The van der Waals surface area contributed by atoms with Gasteiger partial charge in [-0.1, -0.05) is 53.5 Å². The predicted molar refractivity (Wildman–Crippen MR) is 142 cm³/mol. The lowest BCUT2D eigenvalue weighted by molar-refractivity contribution is 0.742. The Balaban J connectivity index is 0.00000253. The number of halogens is 2. The standard InChI is InChI=1S/C28H21Cl2N3O.H2O/c1-32-16-31-15-25(32)27(17-5-7-21(29)8-6-17)20-11-19-9-10-33-26(34)14-23(24(13-20)28(19)33)18-3-2-4-22(30)12-18;/h2-8,11-16,27H,9-10H2,1H3;1H2. The van der Waals surface area contributed by atoms with E-state index in [1.165, 1.54) is 5.56 Å². The van der Waals surface area contributed by atoms with Crippen molar-refractivity contribution in [2.75, 3.05) is 0 Å². The molecule has 6 rings (SSSR count). The quantitative estimate of drug-likeness (QED) is 0.319. The first-order valence-corrected chi connectivity index (χ1v) is 11.9. The molecule has 3 aromatic carbocycles. The van der Waals surface area contributed by atoms with Crippen LogP contribution >= 0.6 is 23.2 Å². The van der Waals surface area contributed by atoms with Crippen LogP contribution in [-0.2, 0) is 20.0 Å². The first-order chi connectivity index (χ1) is 16.5. The summed E-state index contributed by atoms with van der Waals surface area (Å²) in [5.41, 5.74) is 7.46. The van der Waals surface area contributed by atoms with Crippen LogP contribution < -0.4 is 5.56 Å². The van der Waals surface area contributed by atoms with E-state index in [0.717, 1.165) is 45.3 Å². The van der Waals surface area contributed by atoms with E-state index >= 15 is 0 Å². The van der Waals surface area contributed by atoms with E-state index in [-0.39, 0.29) is 17.0 Å². The third-order valence-electron chi connectivity index (χ3n) is 6.73. The zero-order valence-electron chi connectivity index (χ0n) is 19.0. The summed E-state index contributed by atoms with van der Waals surface area (Å²) >= 11 is 12.5. The molecule has 7 heteroatoms. The van der Waals surface area contributed by atoms with Gasteiger partial charge >= 0.3 is 0 Å². The summed E-state index contributed by atoms with van der Waals surface area (Å²) in [7, 11) is 2.01. The molecule has 0 fully saturated rings. The number of aryl methyl sites for hydroxylation is 3. The number of aromatic nitrogens is 3. The average Bonchev–Trinajstić information content (AvgIpc) is 3.45. The maximum Gasteiger partial charge on any atom is 0.251 e. The fourth-order valence-electron chi connectivity index (χ4n) is 5.17. The van der Waals surface area contributed by atoms with Crippen molar-refractivity contribution in [2.45, 2.75) is 18.9 Å². The Morgan fingerprint density at radius 1 is 0.943 bits per heavy atom. The topological polar surface area (TPSA) is 71.3 Å². The van der Waals surface area contributed by atoms with Gasteiger partial charge in [-0.05, 0) is 64.6 Å². The molecule has 0 bridgehead atoms. The normalized spacial score (nSPS) is 13.1. The summed E-state index contributed by atoms with van der Waals surface area (Å²) in [6, 6.07) is 21.9. The van der Waals surface area contributed by atoms with Crippen LogP contribution in [0, 0.1) is 0 Å². The molecule has 5 nitrogen and oxygen atoms in total. The third kappa shape index (κ3) is 3.96. The summed E-state index contributed by atoms with van der Waals surface area (Å²) in [5.74, 6) is -0.0291. The van der Waals surface area contributed by atoms with Crippen LogP contribution in [0.2, 0.25) is 10.0 Å². The minimum atomic E-state index is -0.0291. The van der Waals surface area contributed by atoms with Gasteiger partial charge in [0.1, 0.15) is 0 Å². The number of hydrogen-bond acceptors (Lipinski definition) is 2. The fraction of sp³-hybridized carbons (Fsp3) is 0.143. The maximum absolute atomic E-state index is 13.0. The second-order valence-corrected chi connectivity index (χ2v) is 9.67. The van der Waals surface area contributed by atoms with Crippen molar-refractivity contribution < 1.29 is 5.48 Å². The number of hydrogen-bond donors (Lipinski definition) is 0. The van der Waals surface area contributed by atoms with E-state index in [1.807, 2.05) is 60.5 Å². The molecule has 176 valence electrons. The van der Waals surface area contributed by atoms with Crippen LogP contribution in [0.1, 0.15) is 28.3 Å². The molecule has 1 unspecified atom stereocenters. The summed E-state index contributed by atoms with van der Waals surface area (Å²) in [4.78, 5) is 17.4. The SMILES string of the molecule is Cn1cncc1C(c1ccc(Cl)cc1)c1cc2c3c(c1)c(-c1cccc(Cl)c1)cc(=O)n3CC2.O. The van der Waals surface area contributed by atoms with E-state index < -0.39 is 0 Å². The number of imidazole rings is 1. The molecule has 0 saturated carbocycles. The molecule has 2 N–H and O–H groups in total. The highest BCUT2D eigenvalue weighted by Crippen LogP contribution is 2.39. The highest BCUT2D eigenvalue weighted by Gasteiger charge is 2.25. The summed E-state index contributed by atoms with van der Waals surface area (Å²) in [6.45, 7) is 0.696. The van der Waals surface area contributed by atoms with Gasteiger partial charge in [-0.25, -0.2) is 4.98 Å². The van der Waals surface area contributed by atoms with Gasteiger partial charge in [-0.3, -0.25) is 4.79 Å². The van der Waals surface area contributed by atoms with E-state index in [2.05, 4.69) is 33.8 Å².